The van der Waals surface area contributed by atoms with Gasteiger partial charge in [0, 0.05) is 17.9 Å². The number of ketones is 1. The maximum Gasteiger partial charge on any atom is 0.133 e. The first-order valence-electron chi connectivity index (χ1n) is 7.83. The molecule has 3 heteroatoms. The van der Waals surface area contributed by atoms with Crippen LogP contribution in [0.25, 0.3) is 0 Å². The van der Waals surface area contributed by atoms with Crippen LogP contribution < -0.4 is 4.74 Å². The lowest BCUT2D eigenvalue weighted by atomic mass is 9.91. The molecule has 0 aromatic heterocycles. The fourth-order valence-electron chi connectivity index (χ4n) is 2.69. The average molecular weight is 311 g/mol. The highest BCUT2D eigenvalue weighted by Gasteiger charge is 2.17. The third-order valence-electron chi connectivity index (χ3n) is 3.73. The molecule has 0 amide bonds. The normalized spacial score (nSPS) is 12.3. The number of halogens is 1. The molecule has 21 heavy (non-hydrogen) atoms. The van der Waals surface area contributed by atoms with Crippen LogP contribution in [-0.2, 0) is 11.2 Å². The Morgan fingerprint density at radius 2 is 2.00 bits per heavy atom. The topological polar surface area (TPSA) is 26.3 Å². The van der Waals surface area contributed by atoms with Gasteiger partial charge >= 0.3 is 0 Å². The van der Waals surface area contributed by atoms with Crippen molar-refractivity contribution in [1.29, 1.82) is 0 Å². The summed E-state index contributed by atoms with van der Waals surface area (Å²) in [7, 11) is 0. The van der Waals surface area contributed by atoms with E-state index in [2.05, 4.69) is 6.92 Å². The van der Waals surface area contributed by atoms with E-state index in [0.29, 0.717) is 31.1 Å². The summed E-state index contributed by atoms with van der Waals surface area (Å²) in [5, 5.41) is 0.806. The Morgan fingerprint density at radius 3 is 2.57 bits per heavy atom. The zero-order valence-corrected chi connectivity index (χ0v) is 14.6. The van der Waals surface area contributed by atoms with Gasteiger partial charge in [0.1, 0.15) is 11.5 Å². The molecule has 0 spiro atoms. The third-order valence-corrected chi connectivity index (χ3v) is 4.31. The number of Topliss-reactive ketones (excluding diaryl/α,β-unsaturated/α-hetero) is 1. The minimum Gasteiger partial charge on any atom is -0.494 e. The second-order valence-electron chi connectivity index (χ2n) is 5.84. The number of hydrogen-bond acceptors (Lipinski definition) is 2. The Morgan fingerprint density at radius 1 is 1.33 bits per heavy atom. The smallest absolute Gasteiger partial charge is 0.133 e. The Labute approximate surface area is 133 Å². The number of carbonyl (C=O) groups is 1. The molecule has 1 aromatic rings. The highest BCUT2D eigenvalue weighted by Crippen LogP contribution is 2.34. The van der Waals surface area contributed by atoms with Gasteiger partial charge in [-0.1, -0.05) is 25.4 Å². The molecular weight excluding hydrogens is 284 g/mol. The van der Waals surface area contributed by atoms with Crippen LogP contribution in [0.3, 0.4) is 0 Å². The second kappa shape index (κ2) is 8.43. The number of ether oxygens (including phenoxy) is 1. The van der Waals surface area contributed by atoms with Crippen molar-refractivity contribution in [3.05, 3.63) is 27.8 Å². The summed E-state index contributed by atoms with van der Waals surface area (Å²) in [6, 6.07) is 2.01. The summed E-state index contributed by atoms with van der Waals surface area (Å²) in [6.07, 6.45) is 3.06. The Bertz CT molecular complexity index is 494. The third kappa shape index (κ3) is 5.03. The van der Waals surface area contributed by atoms with Crippen molar-refractivity contribution < 1.29 is 9.53 Å². The molecule has 1 aromatic carbocycles. The molecule has 0 heterocycles. The van der Waals surface area contributed by atoms with Crippen molar-refractivity contribution in [2.75, 3.05) is 6.61 Å². The largest absolute Gasteiger partial charge is 0.494 e. The summed E-state index contributed by atoms with van der Waals surface area (Å²) < 4.78 is 5.76. The summed E-state index contributed by atoms with van der Waals surface area (Å²) in [5.74, 6) is 1.56. The van der Waals surface area contributed by atoms with Gasteiger partial charge in [-0.15, -0.1) is 0 Å². The van der Waals surface area contributed by atoms with Crippen LogP contribution in [-0.4, -0.2) is 12.4 Å². The van der Waals surface area contributed by atoms with Crippen molar-refractivity contribution in [2.45, 2.75) is 60.3 Å². The molecule has 118 valence electrons. The van der Waals surface area contributed by atoms with Crippen LogP contribution in [0.5, 0.6) is 5.75 Å². The molecule has 0 aliphatic rings. The van der Waals surface area contributed by atoms with Crippen LogP contribution in [0.1, 0.15) is 56.7 Å². The van der Waals surface area contributed by atoms with E-state index in [1.54, 1.807) is 0 Å². The van der Waals surface area contributed by atoms with Gasteiger partial charge in [0.05, 0.1) is 6.61 Å². The van der Waals surface area contributed by atoms with Gasteiger partial charge < -0.3 is 4.74 Å². The van der Waals surface area contributed by atoms with E-state index in [1.165, 1.54) is 0 Å². The lowest BCUT2D eigenvalue weighted by Crippen LogP contribution is -2.10. The number of carbonyl (C=O) groups excluding carboxylic acids is 1. The first kappa shape index (κ1) is 18.0. The molecule has 1 rings (SSSR count). The van der Waals surface area contributed by atoms with Gasteiger partial charge in [0.15, 0.2) is 0 Å². The van der Waals surface area contributed by atoms with Crippen LogP contribution in [0, 0.1) is 19.8 Å². The highest BCUT2D eigenvalue weighted by molar-refractivity contribution is 6.32. The molecule has 0 bridgehead atoms. The summed E-state index contributed by atoms with van der Waals surface area (Å²) in [4.78, 5) is 11.8. The van der Waals surface area contributed by atoms with Crippen molar-refractivity contribution >= 4 is 17.4 Å². The van der Waals surface area contributed by atoms with Crippen molar-refractivity contribution in [3.8, 4) is 5.75 Å². The molecule has 0 saturated carbocycles. The maximum absolute atomic E-state index is 11.8. The van der Waals surface area contributed by atoms with E-state index >= 15 is 0 Å². The molecule has 0 aliphatic carbocycles. The number of aryl methyl sites for hydroxylation is 1. The van der Waals surface area contributed by atoms with Crippen LogP contribution in [0.4, 0.5) is 0 Å². The van der Waals surface area contributed by atoms with Gasteiger partial charge in [0.25, 0.3) is 0 Å². The van der Waals surface area contributed by atoms with Crippen LogP contribution >= 0.6 is 11.6 Å². The molecule has 2 nitrogen and oxygen atoms in total. The standard InChI is InChI=1S/C18H27ClO2/c1-6-8-15(20)9-12(3)10-16-14(5)18(19)13(4)11-17(16)21-7-2/h11-12H,6-10H2,1-5H3. The van der Waals surface area contributed by atoms with Crippen molar-refractivity contribution in [2.24, 2.45) is 5.92 Å². The van der Waals surface area contributed by atoms with Gasteiger partial charge in [-0.3, -0.25) is 4.79 Å². The predicted octanol–water partition coefficient (Wildman–Crippen LogP) is 5.29. The molecule has 0 radical (unpaired) electrons. The highest BCUT2D eigenvalue weighted by atomic mass is 35.5. The Kier molecular flexibility index (Phi) is 7.24. The first-order chi connectivity index (χ1) is 9.90. The average Bonchev–Trinajstić information content (AvgIpc) is 2.41. The van der Waals surface area contributed by atoms with Gasteiger partial charge in [-0.2, -0.15) is 0 Å². The zero-order valence-electron chi connectivity index (χ0n) is 13.9. The molecule has 1 unspecified atom stereocenters. The fourth-order valence-corrected chi connectivity index (χ4v) is 2.86. The predicted molar refractivity (Wildman–Crippen MR) is 89.5 cm³/mol. The minimum atomic E-state index is 0.306. The van der Waals surface area contributed by atoms with Gasteiger partial charge in [0.2, 0.25) is 0 Å². The van der Waals surface area contributed by atoms with E-state index < -0.39 is 0 Å². The maximum atomic E-state index is 11.8. The van der Waals surface area contributed by atoms with Gasteiger partial charge in [-0.25, -0.2) is 0 Å². The van der Waals surface area contributed by atoms with Gasteiger partial charge in [-0.05, 0) is 62.3 Å². The van der Waals surface area contributed by atoms with E-state index in [1.807, 2.05) is 33.8 Å². The van der Waals surface area contributed by atoms with E-state index in [9.17, 15) is 4.79 Å². The molecule has 0 fully saturated rings. The molecule has 1 atom stereocenters. The summed E-state index contributed by atoms with van der Waals surface area (Å²) in [5.41, 5.74) is 3.26. The van der Waals surface area contributed by atoms with Crippen LogP contribution in [0.2, 0.25) is 5.02 Å². The molecule has 0 saturated heterocycles. The van der Waals surface area contributed by atoms with E-state index in [4.69, 9.17) is 16.3 Å². The number of benzene rings is 1. The summed E-state index contributed by atoms with van der Waals surface area (Å²) in [6.45, 7) is 10.8. The van der Waals surface area contributed by atoms with E-state index in [-0.39, 0.29) is 0 Å². The van der Waals surface area contributed by atoms with Crippen molar-refractivity contribution in [3.63, 3.8) is 0 Å². The lowest BCUT2D eigenvalue weighted by Gasteiger charge is -2.19. The molecule has 0 N–H and O–H groups in total. The van der Waals surface area contributed by atoms with Crippen molar-refractivity contribution in [1.82, 2.24) is 0 Å². The number of hydrogen-bond donors (Lipinski definition) is 0. The monoisotopic (exact) mass is 310 g/mol. The van der Waals surface area contributed by atoms with E-state index in [0.717, 1.165) is 40.3 Å². The molecular formula is C18H27ClO2. The quantitative estimate of drug-likeness (QED) is 0.652. The fraction of sp³-hybridized carbons (Fsp3) is 0.611. The number of rotatable bonds is 8. The minimum absolute atomic E-state index is 0.306. The Hall–Kier alpha value is -1.02. The van der Waals surface area contributed by atoms with Crippen LogP contribution in [0.15, 0.2) is 6.07 Å². The molecule has 0 aliphatic heterocycles. The SMILES string of the molecule is CCCC(=O)CC(C)Cc1c(OCC)cc(C)c(Cl)c1C. The first-order valence-corrected chi connectivity index (χ1v) is 8.21. The zero-order chi connectivity index (χ0) is 16.0. The lowest BCUT2D eigenvalue weighted by molar-refractivity contribution is -0.119. The Balaban J connectivity index is 2.95. The second-order valence-corrected chi connectivity index (χ2v) is 6.22. The summed E-state index contributed by atoms with van der Waals surface area (Å²) >= 11 is 6.37.